The molecular weight excluding hydrogens is 264 g/mol. The van der Waals surface area contributed by atoms with E-state index in [4.69, 9.17) is 10.5 Å². The maximum atomic E-state index is 12.1. The molecule has 1 aromatic carbocycles. The highest BCUT2D eigenvalue weighted by molar-refractivity contribution is 7.89. The quantitative estimate of drug-likeness (QED) is 0.800. The van der Waals surface area contributed by atoms with Gasteiger partial charge in [0.1, 0.15) is 5.75 Å². The molecule has 0 aliphatic heterocycles. The van der Waals surface area contributed by atoms with E-state index in [9.17, 15) is 8.42 Å². The van der Waals surface area contributed by atoms with Crippen molar-refractivity contribution < 1.29 is 13.2 Å². The summed E-state index contributed by atoms with van der Waals surface area (Å²) in [6.07, 6.45) is 0.774. The first-order chi connectivity index (χ1) is 8.80. The van der Waals surface area contributed by atoms with Crippen molar-refractivity contribution in [1.82, 2.24) is 4.31 Å². The Morgan fingerprint density at radius 3 is 2.37 bits per heavy atom. The summed E-state index contributed by atoms with van der Waals surface area (Å²) in [6, 6.07) is 3.42. The van der Waals surface area contributed by atoms with Crippen LogP contribution in [0.1, 0.15) is 17.5 Å². The molecule has 2 N–H and O–H groups in total. The van der Waals surface area contributed by atoms with Crippen molar-refractivity contribution >= 4 is 10.0 Å². The van der Waals surface area contributed by atoms with Gasteiger partial charge in [-0.25, -0.2) is 12.7 Å². The van der Waals surface area contributed by atoms with Gasteiger partial charge in [0.2, 0.25) is 10.0 Å². The van der Waals surface area contributed by atoms with Gasteiger partial charge in [0, 0.05) is 14.1 Å². The van der Waals surface area contributed by atoms with Crippen LogP contribution >= 0.6 is 0 Å². The lowest BCUT2D eigenvalue weighted by Gasteiger charge is -2.16. The second-order valence-corrected chi connectivity index (χ2v) is 6.78. The lowest BCUT2D eigenvalue weighted by Crippen LogP contribution is -2.23. The number of hydrogen-bond acceptors (Lipinski definition) is 4. The third-order valence-electron chi connectivity index (χ3n) is 2.84. The van der Waals surface area contributed by atoms with Crippen molar-refractivity contribution in [1.29, 1.82) is 0 Å². The first kappa shape index (κ1) is 15.9. The lowest BCUT2D eigenvalue weighted by atomic mass is 10.1. The monoisotopic (exact) mass is 286 g/mol. The SMILES string of the molecule is Cc1cc(S(=O)(=O)N(C)C)c(C)cc1OCCCN. The van der Waals surface area contributed by atoms with E-state index in [1.807, 2.05) is 6.92 Å². The number of aryl methyl sites for hydroxylation is 2. The van der Waals surface area contributed by atoms with Crippen molar-refractivity contribution in [2.75, 3.05) is 27.2 Å². The molecule has 5 nitrogen and oxygen atoms in total. The van der Waals surface area contributed by atoms with Crippen molar-refractivity contribution in [3.63, 3.8) is 0 Å². The highest BCUT2D eigenvalue weighted by Crippen LogP contribution is 2.27. The van der Waals surface area contributed by atoms with Gasteiger partial charge in [0.15, 0.2) is 0 Å². The zero-order chi connectivity index (χ0) is 14.6. The van der Waals surface area contributed by atoms with E-state index in [1.54, 1.807) is 19.1 Å². The van der Waals surface area contributed by atoms with Gasteiger partial charge in [0.05, 0.1) is 11.5 Å². The summed E-state index contributed by atoms with van der Waals surface area (Å²) in [5, 5.41) is 0. The number of sulfonamides is 1. The van der Waals surface area contributed by atoms with Crippen LogP contribution < -0.4 is 10.5 Å². The molecule has 0 aromatic heterocycles. The summed E-state index contributed by atoms with van der Waals surface area (Å²) < 4.78 is 31.1. The Bertz CT molecular complexity index is 539. The van der Waals surface area contributed by atoms with Crippen molar-refractivity contribution in [3.05, 3.63) is 23.3 Å². The lowest BCUT2D eigenvalue weighted by molar-refractivity contribution is 0.311. The standard InChI is InChI=1S/C13H22N2O3S/c1-10-9-13(19(16,17)15(3)4)11(2)8-12(10)18-7-5-6-14/h8-9H,5-7,14H2,1-4H3. The van der Waals surface area contributed by atoms with Gasteiger partial charge < -0.3 is 10.5 Å². The molecule has 1 aromatic rings. The minimum Gasteiger partial charge on any atom is -0.493 e. The first-order valence-electron chi connectivity index (χ1n) is 6.17. The molecule has 0 radical (unpaired) electrons. The molecule has 0 saturated carbocycles. The van der Waals surface area contributed by atoms with Crippen LogP contribution in [0.15, 0.2) is 17.0 Å². The molecule has 0 fully saturated rings. The molecule has 0 atom stereocenters. The average molecular weight is 286 g/mol. The van der Waals surface area contributed by atoms with Gasteiger partial charge in [-0.05, 0) is 50.1 Å². The molecule has 0 unspecified atom stereocenters. The number of rotatable bonds is 6. The van der Waals surface area contributed by atoms with E-state index in [1.165, 1.54) is 18.4 Å². The van der Waals surface area contributed by atoms with Crippen LogP contribution in [-0.4, -0.2) is 40.0 Å². The van der Waals surface area contributed by atoms with Crippen LogP contribution in [0, 0.1) is 13.8 Å². The maximum Gasteiger partial charge on any atom is 0.242 e. The molecule has 0 bridgehead atoms. The van der Waals surface area contributed by atoms with Gasteiger partial charge in [-0.15, -0.1) is 0 Å². The molecule has 0 amide bonds. The second-order valence-electron chi connectivity index (χ2n) is 4.66. The van der Waals surface area contributed by atoms with Crippen molar-refractivity contribution in [3.8, 4) is 5.75 Å². The predicted molar refractivity (Wildman–Crippen MR) is 76.0 cm³/mol. The normalized spacial score (nSPS) is 11.9. The van der Waals surface area contributed by atoms with Crippen LogP contribution in [0.25, 0.3) is 0 Å². The Labute approximate surface area is 115 Å². The topological polar surface area (TPSA) is 72.6 Å². The van der Waals surface area contributed by atoms with Crippen LogP contribution in [0.3, 0.4) is 0 Å². The fourth-order valence-corrected chi connectivity index (χ4v) is 2.84. The van der Waals surface area contributed by atoms with E-state index in [2.05, 4.69) is 0 Å². The maximum absolute atomic E-state index is 12.1. The highest BCUT2D eigenvalue weighted by atomic mass is 32.2. The molecule has 1 rings (SSSR count). The molecule has 108 valence electrons. The summed E-state index contributed by atoms with van der Waals surface area (Å²) >= 11 is 0. The minimum atomic E-state index is -3.41. The van der Waals surface area contributed by atoms with Gasteiger partial charge in [-0.3, -0.25) is 0 Å². The molecule has 0 aliphatic rings. The Hall–Kier alpha value is -1.11. The molecule has 19 heavy (non-hydrogen) atoms. The number of benzene rings is 1. The summed E-state index contributed by atoms with van der Waals surface area (Å²) in [5.74, 6) is 0.712. The zero-order valence-corrected chi connectivity index (χ0v) is 12.8. The fourth-order valence-electron chi connectivity index (χ4n) is 1.66. The number of hydrogen-bond donors (Lipinski definition) is 1. The highest BCUT2D eigenvalue weighted by Gasteiger charge is 2.21. The molecule has 0 heterocycles. The largest absolute Gasteiger partial charge is 0.493 e. The van der Waals surface area contributed by atoms with Crippen LogP contribution in [0.5, 0.6) is 5.75 Å². The fraction of sp³-hybridized carbons (Fsp3) is 0.538. The van der Waals surface area contributed by atoms with Gasteiger partial charge in [-0.2, -0.15) is 0 Å². The van der Waals surface area contributed by atoms with Crippen molar-refractivity contribution in [2.45, 2.75) is 25.2 Å². The van der Waals surface area contributed by atoms with E-state index in [-0.39, 0.29) is 0 Å². The molecular formula is C13H22N2O3S. The minimum absolute atomic E-state index is 0.321. The Morgan fingerprint density at radius 2 is 1.84 bits per heavy atom. The molecule has 0 aliphatic carbocycles. The Kier molecular flexibility index (Phi) is 5.34. The number of ether oxygens (including phenoxy) is 1. The summed E-state index contributed by atoms with van der Waals surface area (Å²) in [5.41, 5.74) is 6.90. The number of nitrogens with zero attached hydrogens (tertiary/aromatic N) is 1. The van der Waals surface area contributed by atoms with Gasteiger partial charge >= 0.3 is 0 Å². The van der Waals surface area contributed by atoms with Crippen molar-refractivity contribution in [2.24, 2.45) is 5.73 Å². The second kappa shape index (κ2) is 6.36. The summed E-state index contributed by atoms with van der Waals surface area (Å²) in [7, 11) is -0.367. The van der Waals surface area contributed by atoms with E-state index in [0.29, 0.717) is 29.4 Å². The Morgan fingerprint density at radius 1 is 1.21 bits per heavy atom. The third-order valence-corrected chi connectivity index (χ3v) is 4.79. The zero-order valence-electron chi connectivity index (χ0n) is 11.9. The molecule has 0 spiro atoms. The predicted octanol–water partition coefficient (Wildman–Crippen LogP) is 1.28. The van der Waals surface area contributed by atoms with Crippen LogP contribution in [0.2, 0.25) is 0 Å². The van der Waals surface area contributed by atoms with E-state index >= 15 is 0 Å². The van der Waals surface area contributed by atoms with Gasteiger partial charge in [-0.1, -0.05) is 0 Å². The smallest absolute Gasteiger partial charge is 0.242 e. The first-order valence-corrected chi connectivity index (χ1v) is 7.61. The van der Waals surface area contributed by atoms with E-state index in [0.717, 1.165) is 12.0 Å². The summed E-state index contributed by atoms with van der Waals surface area (Å²) in [6.45, 7) is 4.72. The molecule has 6 heteroatoms. The number of nitrogens with two attached hydrogens (primary N) is 1. The Balaban J connectivity index is 3.11. The summed E-state index contributed by atoms with van der Waals surface area (Å²) in [4.78, 5) is 0.321. The van der Waals surface area contributed by atoms with E-state index < -0.39 is 10.0 Å². The van der Waals surface area contributed by atoms with Crippen LogP contribution in [0.4, 0.5) is 0 Å². The average Bonchev–Trinajstić information content (AvgIpc) is 2.33. The third kappa shape index (κ3) is 3.68. The van der Waals surface area contributed by atoms with Crippen LogP contribution in [-0.2, 0) is 10.0 Å². The molecule has 0 saturated heterocycles. The van der Waals surface area contributed by atoms with Gasteiger partial charge in [0.25, 0.3) is 0 Å².